The Morgan fingerprint density at radius 3 is 2.54 bits per heavy atom. The van der Waals surface area contributed by atoms with Crippen LogP contribution in [0.25, 0.3) is 5.65 Å². The number of fused-ring (bicyclic) bond motifs is 1. The first-order valence-electron chi connectivity index (χ1n) is 8.61. The highest BCUT2D eigenvalue weighted by Gasteiger charge is 2.15. The zero-order valence-electron chi connectivity index (χ0n) is 13.7. The molecule has 1 aromatic carbocycles. The van der Waals surface area contributed by atoms with Crippen molar-refractivity contribution in [1.82, 2.24) is 9.38 Å². The topological polar surface area (TPSA) is 37.6 Å². The zero-order chi connectivity index (χ0) is 16.4. The molecule has 4 rings (SSSR count). The summed E-state index contributed by atoms with van der Waals surface area (Å²) in [5, 5.41) is 0. The highest BCUT2D eigenvalue weighted by Crippen LogP contribution is 2.19. The second-order valence-electron chi connectivity index (χ2n) is 6.39. The van der Waals surface area contributed by atoms with Crippen molar-refractivity contribution in [2.45, 2.75) is 25.7 Å². The van der Waals surface area contributed by atoms with Crippen molar-refractivity contribution in [3.8, 4) is 0 Å². The first-order valence-corrected chi connectivity index (χ1v) is 8.61. The molecular formula is C20H21N3O. The van der Waals surface area contributed by atoms with E-state index in [0.29, 0.717) is 0 Å². The maximum Gasteiger partial charge on any atom is 0.259 e. The van der Waals surface area contributed by atoms with E-state index in [1.54, 1.807) is 16.7 Å². The third-order valence-electron chi connectivity index (χ3n) is 4.68. The van der Waals surface area contributed by atoms with Crippen molar-refractivity contribution in [1.29, 1.82) is 0 Å². The summed E-state index contributed by atoms with van der Waals surface area (Å²) in [5.74, 6) is 0.820. The Kier molecular flexibility index (Phi) is 4.03. The van der Waals surface area contributed by atoms with E-state index in [1.165, 1.54) is 24.8 Å². The van der Waals surface area contributed by atoms with Crippen LogP contribution in [-0.4, -0.2) is 22.5 Å². The van der Waals surface area contributed by atoms with E-state index in [4.69, 9.17) is 4.98 Å². The fourth-order valence-corrected chi connectivity index (χ4v) is 3.41. The van der Waals surface area contributed by atoms with Gasteiger partial charge in [0, 0.05) is 31.8 Å². The van der Waals surface area contributed by atoms with Gasteiger partial charge in [0.2, 0.25) is 0 Å². The minimum absolute atomic E-state index is 0.00418. The third-order valence-corrected chi connectivity index (χ3v) is 4.68. The quantitative estimate of drug-likeness (QED) is 0.743. The summed E-state index contributed by atoms with van der Waals surface area (Å²) >= 11 is 0. The van der Waals surface area contributed by atoms with E-state index < -0.39 is 0 Å². The molecule has 4 heteroatoms. The van der Waals surface area contributed by atoms with Crippen molar-refractivity contribution in [3.63, 3.8) is 0 Å². The van der Waals surface area contributed by atoms with Crippen molar-refractivity contribution < 1.29 is 0 Å². The Hall–Kier alpha value is -2.62. The summed E-state index contributed by atoms with van der Waals surface area (Å²) in [4.78, 5) is 19.6. The predicted octanol–water partition coefficient (Wildman–Crippen LogP) is 3.28. The van der Waals surface area contributed by atoms with E-state index in [9.17, 15) is 4.79 Å². The second kappa shape index (κ2) is 6.48. The number of pyridine rings is 1. The third kappa shape index (κ3) is 2.92. The second-order valence-corrected chi connectivity index (χ2v) is 6.39. The lowest BCUT2D eigenvalue weighted by atomic mass is 10.1. The van der Waals surface area contributed by atoms with Gasteiger partial charge in [-0.05, 0) is 36.5 Å². The normalized spacial score (nSPS) is 14.9. The highest BCUT2D eigenvalue weighted by atomic mass is 16.1. The summed E-state index contributed by atoms with van der Waals surface area (Å²) in [6, 6.07) is 16.0. The standard InChI is InChI=1S/C20H21N3O/c24-19-15-18(22-11-5-2-6-12-22)21-20-17(10-7-13-23(19)20)14-16-8-3-1-4-9-16/h1,3-4,7-10,13,15H,2,5-6,11-12,14H2. The molecule has 0 bridgehead atoms. The number of rotatable bonds is 3. The Bertz CT molecular complexity index is 896. The molecule has 1 aliphatic heterocycles. The van der Waals surface area contributed by atoms with Crippen LogP contribution in [0, 0.1) is 0 Å². The highest BCUT2D eigenvalue weighted by molar-refractivity contribution is 5.54. The van der Waals surface area contributed by atoms with E-state index >= 15 is 0 Å². The molecule has 24 heavy (non-hydrogen) atoms. The molecule has 0 radical (unpaired) electrons. The molecule has 0 aliphatic carbocycles. The Morgan fingerprint density at radius 1 is 0.958 bits per heavy atom. The molecule has 0 amide bonds. The van der Waals surface area contributed by atoms with E-state index in [0.717, 1.165) is 36.5 Å². The summed E-state index contributed by atoms with van der Waals surface area (Å²) in [5.41, 5.74) is 3.08. The lowest BCUT2D eigenvalue weighted by molar-refractivity contribution is 0.573. The molecule has 4 nitrogen and oxygen atoms in total. The molecule has 3 heterocycles. The van der Waals surface area contributed by atoms with Gasteiger partial charge in [-0.15, -0.1) is 0 Å². The number of anilines is 1. The van der Waals surface area contributed by atoms with Crippen molar-refractivity contribution in [2.24, 2.45) is 0 Å². The van der Waals surface area contributed by atoms with E-state index in [-0.39, 0.29) is 5.56 Å². The molecule has 0 saturated carbocycles. The molecule has 3 aromatic rings. The van der Waals surface area contributed by atoms with Crippen LogP contribution in [0.2, 0.25) is 0 Å². The molecule has 0 spiro atoms. The van der Waals surface area contributed by atoms with Gasteiger partial charge in [-0.25, -0.2) is 4.98 Å². The average Bonchev–Trinajstić information content (AvgIpc) is 2.64. The first-order chi connectivity index (χ1) is 11.8. The van der Waals surface area contributed by atoms with Gasteiger partial charge in [0.15, 0.2) is 0 Å². The monoisotopic (exact) mass is 319 g/mol. The fraction of sp³-hybridized carbons (Fsp3) is 0.300. The summed E-state index contributed by atoms with van der Waals surface area (Å²) in [6.07, 6.45) is 6.20. The summed E-state index contributed by atoms with van der Waals surface area (Å²) in [7, 11) is 0. The van der Waals surface area contributed by atoms with E-state index in [2.05, 4.69) is 23.1 Å². The molecule has 0 N–H and O–H groups in total. The van der Waals surface area contributed by atoms with E-state index in [1.807, 2.05) is 24.3 Å². The SMILES string of the molecule is O=c1cc(N2CCCCC2)nc2c(Cc3ccccc3)cccn12. The smallest absolute Gasteiger partial charge is 0.259 e. The van der Waals surface area contributed by atoms with Crippen LogP contribution in [0.3, 0.4) is 0 Å². The minimum atomic E-state index is -0.00418. The zero-order valence-corrected chi connectivity index (χ0v) is 13.7. The number of aromatic nitrogens is 2. The van der Waals surface area contributed by atoms with Gasteiger partial charge in [-0.3, -0.25) is 9.20 Å². The number of benzene rings is 1. The molecular weight excluding hydrogens is 298 g/mol. The van der Waals surface area contributed by atoms with Crippen LogP contribution in [0.15, 0.2) is 59.5 Å². The van der Waals surface area contributed by atoms with Gasteiger partial charge in [-0.2, -0.15) is 0 Å². The lowest BCUT2D eigenvalue weighted by Gasteiger charge is -2.27. The maximum absolute atomic E-state index is 12.5. The summed E-state index contributed by atoms with van der Waals surface area (Å²) in [6.45, 7) is 1.98. The average molecular weight is 319 g/mol. The van der Waals surface area contributed by atoms with Gasteiger partial charge in [0.1, 0.15) is 11.5 Å². The number of hydrogen-bond acceptors (Lipinski definition) is 3. The van der Waals surface area contributed by atoms with Crippen LogP contribution in [0.4, 0.5) is 5.82 Å². The van der Waals surface area contributed by atoms with Crippen LogP contribution in [-0.2, 0) is 6.42 Å². The number of hydrogen-bond donors (Lipinski definition) is 0. The molecule has 0 unspecified atom stereocenters. The Labute approximate surface area is 141 Å². The molecule has 2 aromatic heterocycles. The van der Waals surface area contributed by atoms with Gasteiger partial charge >= 0.3 is 0 Å². The van der Waals surface area contributed by atoms with Crippen molar-refractivity contribution in [2.75, 3.05) is 18.0 Å². The van der Waals surface area contributed by atoms with Gasteiger partial charge < -0.3 is 4.90 Å². The maximum atomic E-state index is 12.5. The molecule has 0 atom stereocenters. The van der Waals surface area contributed by atoms with Crippen LogP contribution >= 0.6 is 0 Å². The summed E-state index contributed by atoms with van der Waals surface area (Å²) < 4.78 is 1.66. The number of nitrogens with zero attached hydrogens (tertiary/aromatic N) is 3. The first kappa shape index (κ1) is 14.9. The van der Waals surface area contributed by atoms with Gasteiger partial charge in [-0.1, -0.05) is 36.4 Å². The van der Waals surface area contributed by atoms with Crippen LogP contribution in [0.5, 0.6) is 0 Å². The van der Waals surface area contributed by atoms with Crippen LogP contribution in [0.1, 0.15) is 30.4 Å². The molecule has 1 saturated heterocycles. The van der Waals surface area contributed by atoms with Crippen molar-refractivity contribution >= 4 is 11.5 Å². The number of piperidine rings is 1. The Morgan fingerprint density at radius 2 is 1.75 bits per heavy atom. The largest absolute Gasteiger partial charge is 0.356 e. The molecule has 122 valence electrons. The van der Waals surface area contributed by atoms with Crippen molar-refractivity contribution in [3.05, 3.63) is 76.2 Å². The molecule has 1 fully saturated rings. The van der Waals surface area contributed by atoms with Gasteiger partial charge in [0.05, 0.1) is 0 Å². The predicted molar refractivity (Wildman–Crippen MR) is 96.8 cm³/mol. The van der Waals surface area contributed by atoms with Crippen LogP contribution < -0.4 is 10.5 Å². The minimum Gasteiger partial charge on any atom is -0.356 e. The lowest BCUT2D eigenvalue weighted by Crippen LogP contribution is -2.32. The Balaban J connectivity index is 1.79. The fourth-order valence-electron chi connectivity index (χ4n) is 3.41. The molecule has 1 aliphatic rings. The van der Waals surface area contributed by atoms with Gasteiger partial charge in [0.25, 0.3) is 5.56 Å².